The van der Waals surface area contributed by atoms with E-state index in [4.69, 9.17) is 5.73 Å². The lowest BCUT2D eigenvalue weighted by Gasteiger charge is -2.33. The molecule has 0 spiro atoms. The minimum atomic E-state index is -0.465. The third-order valence-electron chi connectivity index (χ3n) is 3.79. The Bertz CT molecular complexity index is 457. The van der Waals surface area contributed by atoms with Crippen LogP contribution in [0.1, 0.15) is 42.9 Å². The highest BCUT2D eigenvalue weighted by molar-refractivity contribution is 5.97. The van der Waals surface area contributed by atoms with Gasteiger partial charge in [-0.25, -0.2) is 0 Å². The van der Waals surface area contributed by atoms with Crippen molar-refractivity contribution in [2.75, 3.05) is 18.8 Å². The van der Waals surface area contributed by atoms with Crippen molar-refractivity contribution in [3.8, 4) is 0 Å². The summed E-state index contributed by atoms with van der Waals surface area (Å²) in [4.78, 5) is 14.0. The average Bonchev–Trinajstić information content (AvgIpc) is 2.74. The van der Waals surface area contributed by atoms with E-state index in [0.29, 0.717) is 18.8 Å². The van der Waals surface area contributed by atoms with E-state index in [2.05, 4.69) is 10.2 Å². The fourth-order valence-corrected chi connectivity index (χ4v) is 2.37. The van der Waals surface area contributed by atoms with Crippen LogP contribution in [0.5, 0.6) is 0 Å². The second-order valence-electron chi connectivity index (χ2n) is 5.30. The quantitative estimate of drug-likeness (QED) is 0.753. The number of β-amino-alcohol motifs (C(OH)–C–C–N with tert-alkyl or cyclic N) is 1. The van der Waals surface area contributed by atoms with Gasteiger partial charge in [0.05, 0.1) is 17.5 Å². The van der Waals surface area contributed by atoms with Crippen LogP contribution in [-0.2, 0) is 6.42 Å². The molecular formula is C13H22N4O2. The second-order valence-corrected chi connectivity index (χ2v) is 5.30. The van der Waals surface area contributed by atoms with Crippen molar-refractivity contribution >= 4 is 11.6 Å². The SMILES string of the molecule is CCCc1[nH]nc(C(=O)N2CCC(C)C(O)C2)c1N. The number of likely N-dealkylation sites (tertiary alicyclic amines) is 1. The molecule has 2 rings (SSSR count). The van der Waals surface area contributed by atoms with Crippen LogP contribution in [0.25, 0.3) is 0 Å². The molecule has 0 aliphatic carbocycles. The Morgan fingerprint density at radius 2 is 2.37 bits per heavy atom. The Balaban J connectivity index is 2.11. The van der Waals surface area contributed by atoms with Gasteiger partial charge in [-0.3, -0.25) is 9.89 Å². The molecule has 1 aliphatic heterocycles. The summed E-state index contributed by atoms with van der Waals surface area (Å²) in [6.07, 6.45) is 2.07. The summed E-state index contributed by atoms with van der Waals surface area (Å²) < 4.78 is 0. The van der Waals surface area contributed by atoms with Crippen LogP contribution in [-0.4, -0.2) is 45.3 Å². The first-order valence-corrected chi connectivity index (χ1v) is 6.84. The van der Waals surface area contributed by atoms with Crippen LogP contribution in [0.4, 0.5) is 5.69 Å². The van der Waals surface area contributed by atoms with Crippen LogP contribution >= 0.6 is 0 Å². The first-order valence-electron chi connectivity index (χ1n) is 6.84. The van der Waals surface area contributed by atoms with Crippen LogP contribution < -0.4 is 5.73 Å². The van der Waals surface area contributed by atoms with E-state index in [1.54, 1.807) is 4.90 Å². The summed E-state index contributed by atoms with van der Waals surface area (Å²) in [5.74, 6) is 0.0401. The van der Waals surface area contributed by atoms with Gasteiger partial charge in [0, 0.05) is 13.1 Å². The molecule has 1 aromatic heterocycles. The molecule has 1 saturated heterocycles. The normalized spacial score (nSPS) is 23.6. The summed E-state index contributed by atoms with van der Waals surface area (Å²) in [5, 5.41) is 16.7. The number of rotatable bonds is 3. The number of aliphatic hydroxyl groups excluding tert-OH is 1. The number of aliphatic hydroxyl groups is 1. The van der Waals surface area contributed by atoms with Gasteiger partial charge in [-0.1, -0.05) is 20.3 Å². The number of nitrogens with zero attached hydrogens (tertiary/aromatic N) is 2. The number of hydrogen-bond acceptors (Lipinski definition) is 4. The monoisotopic (exact) mass is 266 g/mol. The number of aromatic amines is 1. The van der Waals surface area contributed by atoms with Gasteiger partial charge >= 0.3 is 0 Å². The van der Waals surface area contributed by atoms with Crippen molar-refractivity contribution in [3.63, 3.8) is 0 Å². The van der Waals surface area contributed by atoms with Crippen molar-refractivity contribution in [3.05, 3.63) is 11.4 Å². The van der Waals surface area contributed by atoms with Crippen molar-refractivity contribution in [2.45, 2.75) is 39.2 Å². The number of nitrogens with one attached hydrogen (secondary N) is 1. The van der Waals surface area contributed by atoms with Gasteiger partial charge in [-0.15, -0.1) is 0 Å². The number of hydrogen-bond donors (Lipinski definition) is 3. The summed E-state index contributed by atoms with van der Waals surface area (Å²) in [6, 6.07) is 0. The largest absolute Gasteiger partial charge is 0.395 e. The van der Waals surface area contributed by atoms with E-state index >= 15 is 0 Å². The second kappa shape index (κ2) is 5.61. The van der Waals surface area contributed by atoms with Crippen molar-refractivity contribution in [1.82, 2.24) is 15.1 Å². The molecule has 19 heavy (non-hydrogen) atoms. The molecule has 6 nitrogen and oxygen atoms in total. The molecule has 2 atom stereocenters. The highest BCUT2D eigenvalue weighted by Crippen LogP contribution is 2.22. The first kappa shape index (κ1) is 13.9. The van der Waals surface area contributed by atoms with Gasteiger partial charge in [0.1, 0.15) is 0 Å². The van der Waals surface area contributed by atoms with Gasteiger partial charge in [0.2, 0.25) is 0 Å². The highest BCUT2D eigenvalue weighted by atomic mass is 16.3. The standard InChI is InChI=1S/C13H22N4O2/c1-3-4-9-11(14)12(16-15-9)13(19)17-6-5-8(2)10(18)7-17/h8,10,18H,3-7,14H2,1-2H3,(H,15,16). The number of nitrogen functional groups attached to an aromatic ring is 1. The summed E-state index contributed by atoms with van der Waals surface area (Å²) in [6.45, 7) is 5.04. The number of nitrogens with two attached hydrogens (primary N) is 1. The average molecular weight is 266 g/mol. The Labute approximate surface area is 113 Å². The first-order chi connectivity index (χ1) is 9.04. The van der Waals surface area contributed by atoms with E-state index in [9.17, 15) is 9.90 Å². The molecule has 1 amide bonds. The Morgan fingerprint density at radius 3 is 3.00 bits per heavy atom. The van der Waals surface area contributed by atoms with Gasteiger partial charge in [-0.2, -0.15) is 5.10 Å². The lowest BCUT2D eigenvalue weighted by atomic mass is 9.96. The molecule has 2 unspecified atom stereocenters. The molecule has 2 heterocycles. The number of aromatic nitrogens is 2. The summed E-state index contributed by atoms with van der Waals surface area (Å²) in [5.41, 5.74) is 7.50. The third-order valence-corrected chi connectivity index (χ3v) is 3.79. The van der Waals surface area contributed by atoms with Crippen LogP contribution in [0.2, 0.25) is 0 Å². The minimum absolute atomic E-state index is 0.193. The molecule has 4 N–H and O–H groups in total. The highest BCUT2D eigenvalue weighted by Gasteiger charge is 2.30. The lowest BCUT2D eigenvalue weighted by Crippen LogP contribution is -2.46. The Hall–Kier alpha value is -1.56. The minimum Gasteiger partial charge on any atom is -0.395 e. The third kappa shape index (κ3) is 2.73. The maximum atomic E-state index is 12.3. The van der Waals surface area contributed by atoms with Crippen molar-refractivity contribution in [1.29, 1.82) is 0 Å². The molecule has 6 heteroatoms. The van der Waals surface area contributed by atoms with Gasteiger partial charge in [0.15, 0.2) is 5.69 Å². The van der Waals surface area contributed by atoms with E-state index < -0.39 is 6.10 Å². The topological polar surface area (TPSA) is 95.2 Å². The molecule has 106 valence electrons. The molecule has 1 aromatic rings. The Morgan fingerprint density at radius 1 is 1.63 bits per heavy atom. The lowest BCUT2D eigenvalue weighted by molar-refractivity contribution is 0.0246. The molecule has 0 bridgehead atoms. The Kier molecular flexibility index (Phi) is 4.09. The fraction of sp³-hybridized carbons (Fsp3) is 0.692. The van der Waals surface area contributed by atoms with E-state index in [1.807, 2.05) is 13.8 Å². The predicted octanol–water partition coefficient (Wildman–Crippen LogP) is 0.787. The number of amides is 1. The predicted molar refractivity (Wildman–Crippen MR) is 72.7 cm³/mol. The van der Waals surface area contributed by atoms with Crippen LogP contribution in [0.15, 0.2) is 0 Å². The van der Waals surface area contributed by atoms with Crippen molar-refractivity contribution < 1.29 is 9.90 Å². The fourth-order valence-electron chi connectivity index (χ4n) is 2.37. The molecule has 0 radical (unpaired) electrons. The number of carbonyl (C=O) groups excluding carboxylic acids is 1. The number of H-pyrrole nitrogens is 1. The zero-order valence-electron chi connectivity index (χ0n) is 11.5. The van der Waals surface area contributed by atoms with Gasteiger partial charge < -0.3 is 15.7 Å². The summed E-state index contributed by atoms with van der Waals surface area (Å²) >= 11 is 0. The molecule has 0 aromatic carbocycles. The summed E-state index contributed by atoms with van der Waals surface area (Å²) in [7, 11) is 0. The number of aryl methyl sites for hydroxylation is 1. The number of carbonyl (C=O) groups is 1. The maximum absolute atomic E-state index is 12.3. The number of piperidine rings is 1. The zero-order valence-corrected chi connectivity index (χ0v) is 11.5. The smallest absolute Gasteiger partial charge is 0.276 e. The van der Waals surface area contributed by atoms with E-state index in [0.717, 1.165) is 25.0 Å². The number of anilines is 1. The molecule has 0 saturated carbocycles. The molecule has 1 fully saturated rings. The maximum Gasteiger partial charge on any atom is 0.276 e. The van der Waals surface area contributed by atoms with Gasteiger partial charge in [-0.05, 0) is 18.8 Å². The van der Waals surface area contributed by atoms with Crippen LogP contribution in [0.3, 0.4) is 0 Å². The van der Waals surface area contributed by atoms with Crippen LogP contribution in [0, 0.1) is 5.92 Å². The molecular weight excluding hydrogens is 244 g/mol. The molecule has 1 aliphatic rings. The van der Waals surface area contributed by atoms with Gasteiger partial charge in [0.25, 0.3) is 5.91 Å². The zero-order chi connectivity index (χ0) is 14.0. The van der Waals surface area contributed by atoms with E-state index in [-0.39, 0.29) is 17.5 Å². The van der Waals surface area contributed by atoms with Crippen molar-refractivity contribution in [2.24, 2.45) is 5.92 Å². The van der Waals surface area contributed by atoms with E-state index in [1.165, 1.54) is 0 Å².